The quantitative estimate of drug-likeness (QED) is 0.920. The number of nitrogens with zero attached hydrogens (tertiary/aromatic N) is 1. The second-order valence-corrected chi connectivity index (χ2v) is 5.34. The summed E-state index contributed by atoms with van der Waals surface area (Å²) in [6, 6.07) is 16.3. The summed E-state index contributed by atoms with van der Waals surface area (Å²) in [6.45, 7) is 4.64. The van der Waals surface area contributed by atoms with Gasteiger partial charge in [-0.3, -0.25) is 0 Å². The Hall–Kier alpha value is -2.20. The summed E-state index contributed by atoms with van der Waals surface area (Å²) < 4.78 is 11.2. The van der Waals surface area contributed by atoms with E-state index in [1.165, 1.54) is 5.69 Å². The molecule has 0 radical (unpaired) electrons. The number of anilines is 1. The number of hydrogen-bond acceptors (Lipinski definition) is 4. The summed E-state index contributed by atoms with van der Waals surface area (Å²) in [4.78, 5) is 2.37. The lowest BCUT2D eigenvalue weighted by atomic mass is 10.2. The standard InChI is InChI=1S/C18H22N2O2/c1-21-16-8-6-15(7-9-16)14-22-18-5-3-2-4-17(18)20-12-10-19-11-13-20/h2-9,19H,10-14H2,1H3. The van der Waals surface area contributed by atoms with E-state index in [1.807, 2.05) is 36.4 Å². The molecule has 0 bridgehead atoms. The Kier molecular flexibility index (Phi) is 4.81. The molecule has 116 valence electrons. The average Bonchev–Trinajstić information content (AvgIpc) is 2.61. The molecule has 1 fully saturated rings. The van der Waals surface area contributed by atoms with Crippen molar-refractivity contribution in [1.82, 2.24) is 5.32 Å². The van der Waals surface area contributed by atoms with E-state index < -0.39 is 0 Å². The van der Waals surface area contributed by atoms with Gasteiger partial charge in [-0.05, 0) is 29.8 Å². The minimum absolute atomic E-state index is 0.563. The Bertz CT molecular complexity index is 592. The van der Waals surface area contributed by atoms with Crippen LogP contribution in [-0.4, -0.2) is 33.3 Å². The first kappa shape index (κ1) is 14.7. The fraction of sp³-hybridized carbons (Fsp3) is 0.333. The van der Waals surface area contributed by atoms with Crippen LogP contribution in [0.3, 0.4) is 0 Å². The minimum atomic E-state index is 0.563. The van der Waals surface area contributed by atoms with Gasteiger partial charge in [-0.1, -0.05) is 24.3 Å². The molecule has 2 aromatic carbocycles. The third-order valence-corrected chi connectivity index (χ3v) is 3.88. The van der Waals surface area contributed by atoms with Crippen LogP contribution in [0.4, 0.5) is 5.69 Å². The van der Waals surface area contributed by atoms with E-state index in [-0.39, 0.29) is 0 Å². The third-order valence-electron chi connectivity index (χ3n) is 3.88. The maximum atomic E-state index is 6.05. The van der Waals surface area contributed by atoms with Gasteiger partial charge in [0, 0.05) is 26.2 Å². The molecule has 4 nitrogen and oxygen atoms in total. The molecule has 1 aliphatic heterocycles. The van der Waals surface area contributed by atoms with Gasteiger partial charge in [0.05, 0.1) is 12.8 Å². The molecule has 1 heterocycles. The number of hydrogen-bond donors (Lipinski definition) is 1. The average molecular weight is 298 g/mol. The monoisotopic (exact) mass is 298 g/mol. The van der Waals surface area contributed by atoms with Crippen molar-refractivity contribution < 1.29 is 9.47 Å². The number of rotatable bonds is 5. The number of benzene rings is 2. The van der Waals surface area contributed by atoms with Crippen LogP contribution in [0.5, 0.6) is 11.5 Å². The van der Waals surface area contributed by atoms with Crippen LogP contribution in [0.1, 0.15) is 5.56 Å². The van der Waals surface area contributed by atoms with Crippen LogP contribution in [0.25, 0.3) is 0 Å². The van der Waals surface area contributed by atoms with E-state index in [2.05, 4.69) is 22.3 Å². The molecule has 3 rings (SSSR count). The van der Waals surface area contributed by atoms with Gasteiger partial charge in [-0.25, -0.2) is 0 Å². The zero-order valence-corrected chi connectivity index (χ0v) is 12.9. The van der Waals surface area contributed by atoms with Crippen molar-refractivity contribution in [2.24, 2.45) is 0 Å². The highest BCUT2D eigenvalue weighted by molar-refractivity contribution is 5.58. The van der Waals surface area contributed by atoms with Crippen molar-refractivity contribution in [3.8, 4) is 11.5 Å². The van der Waals surface area contributed by atoms with Crippen LogP contribution in [0, 0.1) is 0 Å². The second-order valence-electron chi connectivity index (χ2n) is 5.34. The number of piperazine rings is 1. The fourth-order valence-corrected chi connectivity index (χ4v) is 2.63. The molecule has 1 N–H and O–H groups in total. The predicted octanol–water partition coefficient (Wildman–Crippen LogP) is 2.68. The van der Waals surface area contributed by atoms with Crippen molar-refractivity contribution in [2.75, 3.05) is 38.2 Å². The molecule has 1 aliphatic rings. The smallest absolute Gasteiger partial charge is 0.143 e. The van der Waals surface area contributed by atoms with Crippen LogP contribution in [0.15, 0.2) is 48.5 Å². The highest BCUT2D eigenvalue weighted by Gasteiger charge is 2.14. The zero-order chi connectivity index (χ0) is 15.2. The van der Waals surface area contributed by atoms with E-state index >= 15 is 0 Å². The summed E-state index contributed by atoms with van der Waals surface area (Å²) >= 11 is 0. The zero-order valence-electron chi connectivity index (χ0n) is 12.9. The number of nitrogens with one attached hydrogen (secondary N) is 1. The lowest BCUT2D eigenvalue weighted by Gasteiger charge is -2.30. The van der Waals surface area contributed by atoms with Gasteiger partial charge in [0.25, 0.3) is 0 Å². The largest absolute Gasteiger partial charge is 0.497 e. The first-order valence-electron chi connectivity index (χ1n) is 7.67. The maximum absolute atomic E-state index is 6.05. The first-order chi connectivity index (χ1) is 10.9. The molecule has 0 unspecified atom stereocenters. The highest BCUT2D eigenvalue weighted by Crippen LogP contribution is 2.29. The Morgan fingerprint density at radius 2 is 1.73 bits per heavy atom. The van der Waals surface area contributed by atoms with Gasteiger partial charge < -0.3 is 19.7 Å². The Morgan fingerprint density at radius 3 is 2.45 bits per heavy atom. The SMILES string of the molecule is COc1ccc(COc2ccccc2N2CCNCC2)cc1. The van der Waals surface area contributed by atoms with Crippen molar-refractivity contribution in [3.05, 3.63) is 54.1 Å². The Morgan fingerprint density at radius 1 is 1.00 bits per heavy atom. The maximum Gasteiger partial charge on any atom is 0.143 e. The Labute approximate surface area is 131 Å². The summed E-state index contributed by atoms with van der Waals surface area (Å²) in [7, 11) is 1.68. The molecular weight excluding hydrogens is 276 g/mol. The summed E-state index contributed by atoms with van der Waals surface area (Å²) in [5.41, 5.74) is 2.31. The van der Waals surface area contributed by atoms with Gasteiger partial charge in [0.15, 0.2) is 0 Å². The topological polar surface area (TPSA) is 33.7 Å². The predicted molar refractivity (Wildman–Crippen MR) is 88.9 cm³/mol. The van der Waals surface area contributed by atoms with Gasteiger partial charge in [-0.15, -0.1) is 0 Å². The normalized spacial score (nSPS) is 14.7. The Balaban J connectivity index is 1.68. The molecule has 0 aromatic heterocycles. The van der Waals surface area contributed by atoms with Crippen molar-refractivity contribution in [1.29, 1.82) is 0 Å². The molecule has 0 atom stereocenters. The fourth-order valence-electron chi connectivity index (χ4n) is 2.63. The van der Waals surface area contributed by atoms with Gasteiger partial charge in [0.2, 0.25) is 0 Å². The van der Waals surface area contributed by atoms with Gasteiger partial charge >= 0.3 is 0 Å². The van der Waals surface area contributed by atoms with Crippen LogP contribution in [-0.2, 0) is 6.61 Å². The van der Waals surface area contributed by atoms with E-state index in [4.69, 9.17) is 9.47 Å². The van der Waals surface area contributed by atoms with Crippen LogP contribution >= 0.6 is 0 Å². The summed E-state index contributed by atoms with van der Waals surface area (Å²) in [5, 5.41) is 3.38. The highest BCUT2D eigenvalue weighted by atomic mass is 16.5. The third kappa shape index (κ3) is 3.52. The summed E-state index contributed by atoms with van der Waals surface area (Å²) in [5.74, 6) is 1.81. The summed E-state index contributed by atoms with van der Waals surface area (Å²) in [6.07, 6.45) is 0. The van der Waals surface area contributed by atoms with E-state index in [0.717, 1.165) is 43.2 Å². The van der Waals surface area contributed by atoms with E-state index in [9.17, 15) is 0 Å². The van der Waals surface area contributed by atoms with E-state index in [1.54, 1.807) is 7.11 Å². The van der Waals surface area contributed by atoms with Crippen molar-refractivity contribution in [2.45, 2.75) is 6.61 Å². The lowest BCUT2D eigenvalue weighted by molar-refractivity contribution is 0.306. The molecule has 0 saturated carbocycles. The molecule has 0 aliphatic carbocycles. The van der Waals surface area contributed by atoms with Crippen molar-refractivity contribution in [3.63, 3.8) is 0 Å². The molecule has 4 heteroatoms. The van der Waals surface area contributed by atoms with Crippen LogP contribution in [0.2, 0.25) is 0 Å². The molecule has 0 spiro atoms. The van der Waals surface area contributed by atoms with Gasteiger partial charge in [0.1, 0.15) is 18.1 Å². The number of methoxy groups -OCH3 is 1. The second kappa shape index (κ2) is 7.18. The molecule has 1 saturated heterocycles. The minimum Gasteiger partial charge on any atom is -0.497 e. The van der Waals surface area contributed by atoms with Crippen LogP contribution < -0.4 is 19.7 Å². The molecular formula is C18H22N2O2. The number of ether oxygens (including phenoxy) is 2. The lowest BCUT2D eigenvalue weighted by Crippen LogP contribution is -2.43. The molecule has 2 aromatic rings. The molecule has 0 amide bonds. The molecule has 22 heavy (non-hydrogen) atoms. The van der Waals surface area contributed by atoms with E-state index in [0.29, 0.717) is 6.61 Å². The van der Waals surface area contributed by atoms with Gasteiger partial charge in [-0.2, -0.15) is 0 Å². The van der Waals surface area contributed by atoms with Crippen molar-refractivity contribution >= 4 is 5.69 Å². The number of para-hydroxylation sites is 2. The first-order valence-corrected chi connectivity index (χ1v) is 7.67.